The van der Waals surface area contributed by atoms with Gasteiger partial charge in [0.25, 0.3) is 0 Å². The quantitative estimate of drug-likeness (QED) is 0.820. The zero-order valence-corrected chi connectivity index (χ0v) is 14.1. The van der Waals surface area contributed by atoms with E-state index in [1.165, 1.54) is 0 Å². The minimum absolute atomic E-state index is 0.187. The molecule has 3 rings (SSSR count). The first-order valence-corrected chi connectivity index (χ1v) is 8.52. The van der Waals surface area contributed by atoms with Gasteiger partial charge in [0.05, 0.1) is 5.69 Å². The first kappa shape index (κ1) is 16.6. The molecule has 5 nitrogen and oxygen atoms in total. The molecule has 24 heavy (non-hydrogen) atoms. The second-order valence-electron chi connectivity index (χ2n) is 6.44. The summed E-state index contributed by atoms with van der Waals surface area (Å²) in [7, 11) is 2.12. The number of rotatable bonds is 6. The predicted molar refractivity (Wildman–Crippen MR) is 94.5 cm³/mol. The number of carbonyl (C=O) groups excluding carboxylic acids is 1. The Balaban J connectivity index is 1.51. The third-order valence-corrected chi connectivity index (χ3v) is 4.51. The van der Waals surface area contributed by atoms with Crippen molar-refractivity contribution in [3.8, 4) is 0 Å². The predicted octanol–water partition coefficient (Wildman–Crippen LogP) is 2.74. The molecule has 126 valence electrons. The monoisotopic (exact) mass is 324 g/mol. The van der Waals surface area contributed by atoms with Gasteiger partial charge >= 0.3 is 0 Å². The van der Waals surface area contributed by atoms with Crippen molar-refractivity contribution in [1.29, 1.82) is 0 Å². The molecule has 1 amide bonds. The highest BCUT2D eigenvalue weighted by Gasteiger charge is 2.27. The molecule has 0 aromatic carbocycles. The van der Waals surface area contributed by atoms with Crippen LogP contribution in [0, 0.1) is 5.92 Å². The molecule has 3 heterocycles. The zero-order valence-electron chi connectivity index (χ0n) is 14.1. The van der Waals surface area contributed by atoms with Crippen molar-refractivity contribution in [2.75, 3.05) is 25.0 Å². The van der Waals surface area contributed by atoms with Crippen LogP contribution in [0.4, 0.5) is 5.82 Å². The highest BCUT2D eigenvalue weighted by atomic mass is 16.2. The second-order valence-corrected chi connectivity index (χ2v) is 6.44. The van der Waals surface area contributed by atoms with Crippen molar-refractivity contribution in [3.63, 3.8) is 0 Å². The van der Waals surface area contributed by atoms with Crippen LogP contribution in [0.1, 0.15) is 25.0 Å². The fraction of sp³-hybridized carbons (Fsp3) is 0.421. The fourth-order valence-corrected chi connectivity index (χ4v) is 3.13. The summed E-state index contributed by atoms with van der Waals surface area (Å²) in [5.74, 6) is 1.48. The summed E-state index contributed by atoms with van der Waals surface area (Å²) >= 11 is 0. The van der Waals surface area contributed by atoms with Crippen LogP contribution >= 0.6 is 0 Å². The average Bonchev–Trinajstić information content (AvgIpc) is 2.62. The molecular weight excluding hydrogens is 300 g/mol. The van der Waals surface area contributed by atoms with E-state index in [9.17, 15) is 4.79 Å². The van der Waals surface area contributed by atoms with Crippen LogP contribution in [0.5, 0.6) is 0 Å². The fourth-order valence-electron chi connectivity index (χ4n) is 3.13. The molecule has 0 saturated carbocycles. The lowest BCUT2D eigenvalue weighted by Gasteiger charge is -2.32. The molecule has 1 aliphatic rings. The molecule has 2 aromatic rings. The van der Waals surface area contributed by atoms with Gasteiger partial charge in [0.15, 0.2) is 0 Å². The van der Waals surface area contributed by atoms with E-state index in [-0.39, 0.29) is 5.91 Å². The summed E-state index contributed by atoms with van der Waals surface area (Å²) in [6.07, 6.45) is 6.25. The summed E-state index contributed by atoms with van der Waals surface area (Å²) < 4.78 is 0. The molecule has 5 heteroatoms. The van der Waals surface area contributed by atoms with Gasteiger partial charge in [-0.3, -0.25) is 14.7 Å². The van der Waals surface area contributed by atoms with E-state index < -0.39 is 0 Å². The summed E-state index contributed by atoms with van der Waals surface area (Å²) in [4.78, 5) is 25.0. The Kier molecular flexibility index (Phi) is 5.54. The largest absolute Gasteiger partial charge is 0.301 e. The van der Waals surface area contributed by atoms with E-state index in [1.807, 2.05) is 41.4 Å². The maximum Gasteiger partial charge on any atom is 0.228 e. The minimum Gasteiger partial charge on any atom is -0.301 e. The standard InChI is InChI=1S/C19H24N4O/c1-22(15-17-6-2-4-11-20-17)13-10-16-8-9-19(24)23(14-16)18-7-3-5-12-21-18/h2-7,11-12,16H,8-10,13-15H2,1H3. The Morgan fingerprint density at radius 3 is 2.67 bits per heavy atom. The molecule has 2 aromatic heterocycles. The first-order chi connectivity index (χ1) is 11.7. The maximum atomic E-state index is 12.2. The summed E-state index contributed by atoms with van der Waals surface area (Å²) in [5, 5.41) is 0. The number of hydrogen-bond donors (Lipinski definition) is 0. The molecule has 1 atom stereocenters. The molecule has 0 aliphatic carbocycles. The first-order valence-electron chi connectivity index (χ1n) is 8.52. The van der Waals surface area contributed by atoms with Gasteiger partial charge in [-0.05, 0) is 56.6 Å². The minimum atomic E-state index is 0.187. The van der Waals surface area contributed by atoms with Crippen molar-refractivity contribution in [2.24, 2.45) is 5.92 Å². The van der Waals surface area contributed by atoms with Gasteiger partial charge in [0, 0.05) is 31.9 Å². The highest BCUT2D eigenvalue weighted by molar-refractivity contribution is 5.93. The van der Waals surface area contributed by atoms with E-state index in [2.05, 4.69) is 28.0 Å². The smallest absolute Gasteiger partial charge is 0.228 e. The Bertz CT molecular complexity index is 647. The van der Waals surface area contributed by atoms with Crippen molar-refractivity contribution in [3.05, 3.63) is 54.5 Å². The SMILES string of the molecule is CN(CCC1CCC(=O)N(c2ccccn2)C1)Cc1ccccn1. The van der Waals surface area contributed by atoms with Crippen LogP contribution in [0.3, 0.4) is 0 Å². The molecule has 0 N–H and O–H groups in total. The van der Waals surface area contributed by atoms with Gasteiger partial charge in [0.1, 0.15) is 5.82 Å². The highest BCUT2D eigenvalue weighted by Crippen LogP contribution is 2.24. The van der Waals surface area contributed by atoms with E-state index in [4.69, 9.17) is 0 Å². The van der Waals surface area contributed by atoms with Crippen molar-refractivity contribution in [1.82, 2.24) is 14.9 Å². The van der Waals surface area contributed by atoms with E-state index in [1.54, 1.807) is 6.20 Å². The zero-order chi connectivity index (χ0) is 16.8. The van der Waals surface area contributed by atoms with Gasteiger partial charge < -0.3 is 4.90 Å². The lowest BCUT2D eigenvalue weighted by atomic mass is 9.94. The molecule has 0 spiro atoms. The maximum absolute atomic E-state index is 12.2. The molecule has 0 bridgehead atoms. The molecular formula is C19H24N4O. The third kappa shape index (κ3) is 4.38. The van der Waals surface area contributed by atoms with Crippen LogP contribution in [-0.2, 0) is 11.3 Å². The lowest BCUT2D eigenvalue weighted by molar-refractivity contribution is -0.120. The number of nitrogens with zero attached hydrogens (tertiary/aromatic N) is 4. The van der Waals surface area contributed by atoms with Crippen molar-refractivity contribution in [2.45, 2.75) is 25.8 Å². The Labute approximate surface area is 143 Å². The number of amides is 1. The normalized spacial score (nSPS) is 18.2. The molecule has 1 saturated heterocycles. The van der Waals surface area contributed by atoms with Crippen LogP contribution in [0.25, 0.3) is 0 Å². The lowest BCUT2D eigenvalue weighted by Crippen LogP contribution is -2.41. The number of pyridine rings is 2. The molecule has 0 radical (unpaired) electrons. The van der Waals surface area contributed by atoms with Gasteiger partial charge in [-0.1, -0.05) is 12.1 Å². The van der Waals surface area contributed by atoms with Crippen LogP contribution < -0.4 is 4.90 Å². The van der Waals surface area contributed by atoms with E-state index in [0.717, 1.165) is 44.0 Å². The molecule has 1 unspecified atom stereocenters. The third-order valence-electron chi connectivity index (χ3n) is 4.51. The summed E-state index contributed by atoms with van der Waals surface area (Å²) in [6, 6.07) is 11.7. The Hall–Kier alpha value is -2.27. The Morgan fingerprint density at radius 1 is 1.17 bits per heavy atom. The average molecular weight is 324 g/mol. The summed E-state index contributed by atoms with van der Waals surface area (Å²) in [6.45, 7) is 2.63. The molecule has 1 fully saturated rings. The number of hydrogen-bond acceptors (Lipinski definition) is 4. The summed E-state index contributed by atoms with van der Waals surface area (Å²) in [5.41, 5.74) is 1.09. The van der Waals surface area contributed by atoms with Crippen LogP contribution in [0.2, 0.25) is 0 Å². The number of anilines is 1. The van der Waals surface area contributed by atoms with Gasteiger partial charge in [0.2, 0.25) is 5.91 Å². The number of carbonyl (C=O) groups is 1. The van der Waals surface area contributed by atoms with E-state index in [0.29, 0.717) is 12.3 Å². The van der Waals surface area contributed by atoms with Gasteiger partial charge in [-0.2, -0.15) is 0 Å². The molecule has 1 aliphatic heterocycles. The number of aromatic nitrogens is 2. The topological polar surface area (TPSA) is 49.3 Å². The number of piperidine rings is 1. The van der Waals surface area contributed by atoms with Crippen LogP contribution in [-0.4, -0.2) is 40.9 Å². The van der Waals surface area contributed by atoms with Crippen molar-refractivity contribution < 1.29 is 4.79 Å². The Morgan fingerprint density at radius 2 is 1.96 bits per heavy atom. The second kappa shape index (κ2) is 8.02. The van der Waals surface area contributed by atoms with Gasteiger partial charge in [-0.15, -0.1) is 0 Å². The van der Waals surface area contributed by atoms with E-state index >= 15 is 0 Å². The van der Waals surface area contributed by atoms with Crippen molar-refractivity contribution >= 4 is 11.7 Å². The van der Waals surface area contributed by atoms with Crippen LogP contribution in [0.15, 0.2) is 48.8 Å². The van der Waals surface area contributed by atoms with Gasteiger partial charge in [-0.25, -0.2) is 4.98 Å².